The van der Waals surface area contributed by atoms with Crippen LogP contribution in [0.25, 0.3) is 0 Å². The van der Waals surface area contributed by atoms with Crippen LogP contribution in [0.1, 0.15) is 58.7 Å². The lowest BCUT2D eigenvalue weighted by atomic mass is 10.2. The fraction of sp³-hybridized carbons (Fsp3) is 0.737. The standard InChI is InChI=1S/C12H17N3O4S.C3H8.C2H6.2CH4O/c1-7-5-15(12(17)14-11(7)20)9-3-2-8(19-9)6-18-10(16)4-13;1-3-2;3*1-2/h5,8-9H,2-4,6,13H2,1H3,(H,14,17,20);3H2,1-2H3;1-2H3;2*2H,1H3. The Morgan fingerprint density at radius 2 is 1.83 bits per heavy atom. The number of aromatic amines is 1. The summed E-state index contributed by atoms with van der Waals surface area (Å²) in [6.07, 6.45) is 3.74. The molecule has 10 heteroatoms. The minimum Gasteiger partial charge on any atom is -0.462 e. The molecule has 29 heavy (non-hydrogen) atoms. The molecule has 0 saturated carbocycles. The molecule has 0 aromatic carbocycles. The summed E-state index contributed by atoms with van der Waals surface area (Å²) in [6, 6.07) is 0. The van der Waals surface area contributed by atoms with Gasteiger partial charge < -0.3 is 25.4 Å². The number of aliphatic hydroxyl groups is 2. The second-order valence-electron chi connectivity index (χ2n) is 5.36. The molecule has 1 saturated heterocycles. The Hall–Kier alpha value is -1.59. The molecule has 5 N–H and O–H groups in total. The van der Waals surface area contributed by atoms with Crippen molar-refractivity contribution in [2.24, 2.45) is 5.73 Å². The van der Waals surface area contributed by atoms with Crippen LogP contribution >= 0.6 is 12.2 Å². The average molecular weight is 438 g/mol. The molecule has 2 atom stereocenters. The third kappa shape index (κ3) is 13.3. The second-order valence-corrected chi connectivity index (χ2v) is 5.77. The van der Waals surface area contributed by atoms with Crippen molar-refractivity contribution in [3.8, 4) is 0 Å². The Balaban J connectivity index is -0.000000656. The highest BCUT2D eigenvalue weighted by Gasteiger charge is 2.28. The van der Waals surface area contributed by atoms with E-state index in [9.17, 15) is 9.59 Å². The molecule has 2 heterocycles. The first kappa shape index (κ1) is 32.1. The van der Waals surface area contributed by atoms with Gasteiger partial charge in [-0.1, -0.05) is 46.3 Å². The lowest BCUT2D eigenvalue weighted by Crippen LogP contribution is -2.28. The maximum atomic E-state index is 11.9. The molecule has 172 valence electrons. The number of hydrogen-bond donors (Lipinski definition) is 4. The number of esters is 1. The van der Waals surface area contributed by atoms with Crippen molar-refractivity contribution < 1.29 is 24.5 Å². The van der Waals surface area contributed by atoms with Gasteiger partial charge in [-0.2, -0.15) is 0 Å². The maximum absolute atomic E-state index is 11.9. The summed E-state index contributed by atoms with van der Waals surface area (Å²) in [6.45, 7) is 10.1. The lowest BCUT2D eigenvalue weighted by Gasteiger charge is -2.16. The Labute approximate surface area is 178 Å². The molecular formula is C19H39N3O6S. The number of aliphatic hydroxyl groups excluding tert-OH is 2. The normalized spacial score (nSPS) is 16.3. The highest BCUT2D eigenvalue weighted by molar-refractivity contribution is 7.71. The molecule has 1 fully saturated rings. The predicted molar refractivity (Wildman–Crippen MR) is 117 cm³/mol. The van der Waals surface area contributed by atoms with Crippen molar-refractivity contribution in [2.75, 3.05) is 27.4 Å². The van der Waals surface area contributed by atoms with Crippen molar-refractivity contribution >= 4 is 18.2 Å². The number of rotatable bonds is 4. The topological polar surface area (TPSA) is 140 Å². The highest BCUT2D eigenvalue weighted by Crippen LogP contribution is 2.27. The van der Waals surface area contributed by atoms with E-state index in [4.69, 9.17) is 37.6 Å². The molecule has 0 aliphatic carbocycles. The molecule has 1 aliphatic heterocycles. The van der Waals surface area contributed by atoms with Gasteiger partial charge in [-0.3, -0.25) is 14.3 Å². The summed E-state index contributed by atoms with van der Waals surface area (Å²) in [5.74, 6) is -0.464. The molecule has 1 aromatic rings. The van der Waals surface area contributed by atoms with E-state index < -0.39 is 5.97 Å². The Bertz CT molecular complexity index is 633. The van der Waals surface area contributed by atoms with Gasteiger partial charge in [-0.25, -0.2) is 4.79 Å². The van der Waals surface area contributed by atoms with Gasteiger partial charge in [0.05, 0.1) is 12.6 Å². The van der Waals surface area contributed by atoms with Gasteiger partial charge in [0.2, 0.25) is 0 Å². The first-order valence-corrected chi connectivity index (χ1v) is 10.1. The van der Waals surface area contributed by atoms with Crippen LogP contribution in [0, 0.1) is 11.6 Å². The van der Waals surface area contributed by atoms with Gasteiger partial charge in [0.15, 0.2) is 0 Å². The van der Waals surface area contributed by atoms with E-state index >= 15 is 0 Å². The number of aromatic nitrogens is 2. The number of H-pyrrole nitrogens is 1. The average Bonchev–Trinajstić information content (AvgIpc) is 3.22. The van der Waals surface area contributed by atoms with Crippen molar-refractivity contribution in [1.29, 1.82) is 0 Å². The van der Waals surface area contributed by atoms with Crippen molar-refractivity contribution in [3.63, 3.8) is 0 Å². The number of nitrogens with two attached hydrogens (primary N) is 1. The SMILES string of the molecule is CC.CCC.CO.CO.Cc1cn(C2CCC(COC(=O)CN)O2)c(=O)[nH]c1=S. The zero-order valence-corrected chi connectivity index (χ0v) is 19.5. The van der Waals surface area contributed by atoms with Gasteiger partial charge in [-0.15, -0.1) is 0 Å². The Morgan fingerprint density at radius 1 is 1.31 bits per heavy atom. The molecule has 9 nitrogen and oxygen atoms in total. The Morgan fingerprint density at radius 3 is 2.31 bits per heavy atom. The molecule has 0 amide bonds. The van der Waals surface area contributed by atoms with Crippen LogP contribution in [-0.4, -0.2) is 59.2 Å². The molecule has 2 unspecified atom stereocenters. The molecular weight excluding hydrogens is 398 g/mol. The van der Waals surface area contributed by atoms with E-state index in [2.05, 4.69) is 18.8 Å². The smallest absolute Gasteiger partial charge is 0.328 e. The van der Waals surface area contributed by atoms with Crippen LogP contribution in [0.3, 0.4) is 0 Å². The number of aryl methyl sites for hydroxylation is 1. The number of hydrogen-bond acceptors (Lipinski definition) is 8. The lowest BCUT2D eigenvalue weighted by molar-refractivity contribution is -0.146. The zero-order valence-electron chi connectivity index (χ0n) is 18.7. The number of nitrogens with zero attached hydrogens (tertiary/aromatic N) is 1. The molecule has 1 aliphatic rings. The van der Waals surface area contributed by atoms with Crippen molar-refractivity contribution in [1.82, 2.24) is 9.55 Å². The van der Waals surface area contributed by atoms with E-state index in [1.165, 1.54) is 11.0 Å². The fourth-order valence-corrected chi connectivity index (χ4v) is 2.20. The van der Waals surface area contributed by atoms with E-state index in [0.29, 0.717) is 17.5 Å². The van der Waals surface area contributed by atoms with Gasteiger partial charge >= 0.3 is 11.7 Å². The van der Waals surface area contributed by atoms with E-state index in [1.54, 1.807) is 6.20 Å². The molecule has 0 radical (unpaired) electrons. The van der Waals surface area contributed by atoms with Crippen LogP contribution in [0.5, 0.6) is 0 Å². The van der Waals surface area contributed by atoms with Crippen LogP contribution in [0.4, 0.5) is 0 Å². The monoisotopic (exact) mass is 437 g/mol. The fourth-order valence-electron chi connectivity index (χ4n) is 2.06. The van der Waals surface area contributed by atoms with E-state index in [1.807, 2.05) is 20.8 Å². The van der Waals surface area contributed by atoms with Gasteiger partial charge in [-0.05, 0) is 19.8 Å². The van der Waals surface area contributed by atoms with E-state index in [0.717, 1.165) is 19.8 Å². The highest BCUT2D eigenvalue weighted by atomic mass is 32.1. The predicted octanol–water partition coefficient (Wildman–Crippen LogP) is 2.05. The minimum atomic E-state index is -0.464. The third-order valence-electron chi connectivity index (χ3n) is 3.14. The van der Waals surface area contributed by atoms with Gasteiger partial charge in [0.1, 0.15) is 17.5 Å². The van der Waals surface area contributed by atoms with Crippen LogP contribution in [0.2, 0.25) is 0 Å². The van der Waals surface area contributed by atoms with Crippen molar-refractivity contribution in [2.45, 2.75) is 66.2 Å². The summed E-state index contributed by atoms with van der Waals surface area (Å²) >= 11 is 5.00. The minimum absolute atomic E-state index is 0.149. The number of carbonyl (C=O) groups excluding carboxylic acids is 1. The molecule has 0 bridgehead atoms. The van der Waals surface area contributed by atoms with Crippen LogP contribution < -0.4 is 11.4 Å². The zero-order chi connectivity index (χ0) is 23.4. The van der Waals surface area contributed by atoms with Gasteiger partial charge in [0, 0.05) is 26.0 Å². The quantitative estimate of drug-likeness (QED) is 0.414. The number of carbonyl (C=O) groups is 1. The molecule has 0 spiro atoms. The Kier molecular flexibility index (Phi) is 23.4. The second kappa shape index (κ2) is 21.1. The van der Waals surface area contributed by atoms with E-state index in [-0.39, 0.29) is 31.2 Å². The third-order valence-corrected chi connectivity index (χ3v) is 3.56. The van der Waals surface area contributed by atoms with Gasteiger partial charge in [0.25, 0.3) is 0 Å². The first-order chi connectivity index (χ1) is 13.9. The number of nitrogens with one attached hydrogen (secondary N) is 1. The maximum Gasteiger partial charge on any atom is 0.328 e. The first-order valence-electron chi connectivity index (χ1n) is 9.65. The summed E-state index contributed by atoms with van der Waals surface area (Å²) in [5.41, 5.74) is 5.66. The largest absolute Gasteiger partial charge is 0.462 e. The number of ether oxygens (including phenoxy) is 2. The van der Waals surface area contributed by atoms with Crippen LogP contribution in [-0.2, 0) is 14.3 Å². The molecule has 2 rings (SSSR count). The summed E-state index contributed by atoms with van der Waals surface area (Å²) in [5, 5.41) is 14.0. The summed E-state index contributed by atoms with van der Waals surface area (Å²) in [7, 11) is 2.00. The summed E-state index contributed by atoms with van der Waals surface area (Å²) < 4.78 is 12.6. The van der Waals surface area contributed by atoms with Crippen LogP contribution in [0.15, 0.2) is 11.0 Å². The summed E-state index contributed by atoms with van der Waals surface area (Å²) in [4.78, 5) is 25.4. The molecule has 1 aromatic heterocycles. The van der Waals surface area contributed by atoms with Crippen molar-refractivity contribution in [3.05, 3.63) is 26.9 Å².